The first-order valence-corrected chi connectivity index (χ1v) is 10.6. The van der Waals surface area contributed by atoms with Crippen LogP contribution in [0.25, 0.3) is 22.3 Å². The van der Waals surface area contributed by atoms with Gasteiger partial charge in [-0.15, -0.1) is 0 Å². The molecule has 0 saturated heterocycles. The van der Waals surface area contributed by atoms with Gasteiger partial charge in [0.1, 0.15) is 0 Å². The van der Waals surface area contributed by atoms with Crippen molar-refractivity contribution in [3.05, 3.63) is 83.9 Å². The molecule has 1 aliphatic carbocycles. The van der Waals surface area contributed by atoms with Gasteiger partial charge in [-0.3, -0.25) is 0 Å². The molecule has 0 unspecified atom stereocenters. The van der Waals surface area contributed by atoms with Gasteiger partial charge in [0.25, 0.3) is 0 Å². The summed E-state index contributed by atoms with van der Waals surface area (Å²) >= 11 is 0. The van der Waals surface area contributed by atoms with Crippen LogP contribution in [0.3, 0.4) is 0 Å². The van der Waals surface area contributed by atoms with Crippen molar-refractivity contribution in [2.45, 2.75) is 57.8 Å². The maximum absolute atomic E-state index is 2.50. The Morgan fingerprint density at radius 3 is 1.93 bits per heavy atom. The third kappa shape index (κ3) is 3.12. The largest absolute Gasteiger partial charge is 0.0654 e. The zero-order valence-corrected chi connectivity index (χ0v) is 16.7. The minimum absolute atomic E-state index is 0.183. The monoisotopic (exact) mass is 354 g/mol. The van der Waals surface area contributed by atoms with Gasteiger partial charge in [-0.2, -0.15) is 0 Å². The second-order valence-corrected chi connectivity index (χ2v) is 7.96. The summed E-state index contributed by atoms with van der Waals surface area (Å²) in [4.78, 5) is 0. The summed E-state index contributed by atoms with van der Waals surface area (Å²) < 4.78 is 0. The lowest BCUT2D eigenvalue weighted by Crippen LogP contribution is -2.25. The lowest BCUT2D eigenvalue weighted by Gasteiger charge is -2.33. The van der Waals surface area contributed by atoms with Crippen LogP contribution in [-0.2, 0) is 5.41 Å². The Labute approximate surface area is 164 Å². The molecular formula is C27H30. The van der Waals surface area contributed by atoms with Crippen LogP contribution in [0.1, 0.15) is 63.5 Å². The zero-order chi connectivity index (χ0) is 18.7. The first-order chi connectivity index (χ1) is 13.3. The third-order valence-electron chi connectivity index (χ3n) is 6.29. The molecule has 0 spiro atoms. The average Bonchev–Trinajstić information content (AvgIpc) is 3.01. The smallest absolute Gasteiger partial charge is 0.0215 e. The van der Waals surface area contributed by atoms with Gasteiger partial charge >= 0.3 is 0 Å². The summed E-state index contributed by atoms with van der Waals surface area (Å²) in [5, 5.41) is 0. The summed E-state index contributed by atoms with van der Waals surface area (Å²) in [6.07, 6.45) is 7.59. The van der Waals surface area contributed by atoms with E-state index in [0.717, 1.165) is 0 Å². The van der Waals surface area contributed by atoms with Crippen LogP contribution in [0.4, 0.5) is 0 Å². The van der Waals surface area contributed by atoms with Gasteiger partial charge in [-0.25, -0.2) is 0 Å². The summed E-state index contributed by atoms with van der Waals surface area (Å²) in [7, 11) is 0. The van der Waals surface area contributed by atoms with E-state index in [1.807, 2.05) is 0 Å². The highest BCUT2D eigenvalue weighted by Gasteiger charge is 2.41. The van der Waals surface area contributed by atoms with Crippen molar-refractivity contribution in [3.63, 3.8) is 0 Å². The van der Waals surface area contributed by atoms with Crippen LogP contribution in [0, 0.1) is 0 Å². The quantitative estimate of drug-likeness (QED) is 0.403. The van der Waals surface area contributed by atoms with Gasteiger partial charge in [0.2, 0.25) is 0 Å². The van der Waals surface area contributed by atoms with Gasteiger partial charge < -0.3 is 0 Å². The molecule has 0 atom stereocenters. The molecule has 0 radical (unpaired) electrons. The second kappa shape index (κ2) is 7.72. The molecule has 1 aliphatic rings. The minimum Gasteiger partial charge on any atom is -0.0654 e. The first-order valence-electron chi connectivity index (χ1n) is 10.6. The van der Waals surface area contributed by atoms with Crippen molar-refractivity contribution in [1.82, 2.24) is 0 Å². The van der Waals surface area contributed by atoms with E-state index in [-0.39, 0.29) is 5.41 Å². The van der Waals surface area contributed by atoms with Crippen molar-refractivity contribution in [1.29, 1.82) is 0 Å². The standard InChI is InChI=1S/C27H30/c1-3-5-18-27(19-6-4-2)25-15-11-10-14-23(25)24-17-16-22(20-26(24)27)21-12-8-7-9-13-21/h7-17,20H,3-6,18-19H2,1-2H3. The van der Waals surface area contributed by atoms with Crippen molar-refractivity contribution >= 4 is 0 Å². The number of fused-ring (bicyclic) bond motifs is 3. The number of unbranched alkanes of at least 4 members (excludes halogenated alkanes) is 2. The Hall–Kier alpha value is -2.34. The van der Waals surface area contributed by atoms with E-state index >= 15 is 0 Å². The van der Waals surface area contributed by atoms with Crippen molar-refractivity contribution in [2.75, 3.05) is 0 Å². The molecule has 0 amide bonds. The number of hydrogen-bond donors (Lipinski definition) is 0. The van der Waals surface area contributed by atoms with Gasteiger partial charge in [-0.05, 0) is 52.3 Å². The fourth-order valence-electron chi connectivity index (χ4n) is 4.89. The van der Waals surface area contributed by atoms with Gasteiger partial charge in [0.05, 0.1) is 0 Å². The molecular weight excluding hydrogens is 324 g/mol. The van der Waals surface area contributed by atoms with Crippen LogP contribution < -0.4 is 0 Å². The normalized spacial score (nSPS) is 14.0. The first kappa shape index (κ1) is 18.0. The fraction of sp³-hybridized carbons (Fsp3) is 0.333. The van der Waals surface area contributed by atoms with E-state index in [2.05, 4.69) is 86.6 Å². The van der Waals surface area contributed by atoms with E-state index in [4.69, 9.17) is 0 Å². The Bertz CT molecular complexity index is 896. The van der Waals surface area contributed by atoms with E-state index in [1.54, 1.807) is 11.1 Å². The van der Waals surface area contributed by atoms with Crippen LogP contribution in [0.15, 0.2) is 72.8 Å². The molecule has 0 heterocycles. The molecule has 27 heavy (non-hydrogen) atoms. The highest BCUT2D eigenvalue weighted by molar-refractivity contribution is 5.83. The SMILES string of the molecule is CCCCC1(CCCC)c2ccccc2-c2ccc(-c3ccccc3)cc21. The molecule has 138 valence electrons. The molecule has 0 heteroatoms. The highest BCUT2D eigenvalue weighted by Crippen LogP contribution is 2.54. The van der Waals surface area contributed by atoms with Gasteiger partial charge in [0.15, 0.2) is 0 Å². The molecule has 0 bridgehead atoms. The van der Waals surface area contributed by atoms with Crippen LogP contribution in [-0.4, -0.2) is 0 Å². The number of hydrogen-bond acceptors (Lipinski definition) is 0. The third-order valence-corrected chi connectivity index (χ3v) is 6.29. The van der Waals surface area contributed by atoms with E-state index < -0.39 is 0 Å². The summed E-state index contributed by atoms with van der Waals surface area (Å²) in [5.41, 5.74) is 8.88. The number of benzene rings is 3. The van der Waals surface area contributed by atoms with Crippen molar-refractivity contribution in [2.24, 2.45) is 0 Å². The Morgan fingerprint density at radius 1 is 0.593 bits per heavy atom. The van der Waals surface area contributed by atoms with Crippen LogP contribution in [0.5, 0.6) is 0 Å². The van der Waals surface area contributed by atoms with E-state index in [1.165, 1.54) is 60.8 Å². The lowest BCUT2D eigenvalue weighted by molar-refractivity contribution is 0.414. The highest BCUT2D eigenvalue weighted by atomic mass is 14.4. The molecule has 0 nitrogen and oxygen atoms in total. The Morgan fingerprint density at radius 2 is 1.22 bits per heavy atom. The van der Waals surface area contributed by atoms with Gasteiger partial charge in [0, 0.05) is 5.41 Å². The molecule has 0 aromatic heterocycles. The Kier molecular flexibility index (Phi) is 5.16. The summed E-state index contributed by atoms with van der Waals surface area (Å²) in [6, 6.07) is 27.1. The maximum atomic E-state index is 2.50. The van der Waals surface area contributed by atoms with Crippen molar-refractivity contribution < 1.29 is 0 Å². The van der Waals surface area contributed by atoms with Gasteiger partial charge in [-0.1, -0.05) is 106 Å². The van der Waals surface area contributed by atoms with E-state index in [9.17, 15) is 0 Å². The summed E-state index contributed by atoms with van der Waals surface area (Å²) in [5.74, 6) is 0. The van der Waals surface area contributed by atoms with Crippen LogP contribution in [0.2, 0.25) is 0 Å². The fourth-order valence-corrected chi connectivity index (χ4v) is 4.89. The molecule has 0 fully saturated rings. The topological polar surface area (TPSA) is 0 Å². The number of rotatable bonds is 7. The molecule has 0 aliphatic heterocycles. The molecule has 3 aromatic carbocycles. The minimum atomic E-state index is 0.183. The molecule has 3 aromatic rings. The summed E-state index contributed by atoms with van der Waals surface area (Å²) in [6.45, 7) is 4.63. The van der Waals surface area contributed by atoms with Crippen LogP contribution >= 0.6 is 0 Å². The lowest BCUT2D eigenvalue weighted by atomic mass is 9.70. The van der Waals surface area contributed by atoms with Crippen molar-refractivity contribution in [3.8, 4) is 22.3 Å². The Balaban J connectivity index is 1.90. The molecule has 0 saturated carbocycles. The van der Waals surface area contributed by atoms with E-state index in [0.29, 0.717) is 0 Å². The zero-order valence-electron chi connectivity index (χ0n) is 16.7. The average molecular weight is 355 g/mol. The predicted molar refractivity (Wildman–Crippen MR) is 117 cm³/mol. The molecule has 4 rings (SSSR count). The second-order valence-electron chi connectivity index (χ2n) is 7.96. The predicted octanol–water partition coefficient (Wildman–Crippen LogP) is 8.00. The maximum Gasteiger partial charge on any atom is 0.0215 e. The molecule has 0 N–H and O–H groups in total.